The molecule has 0 aliphatic heterocycles. The van der Waals surface area contributed by atoms with Crippen molar-refractivity contribution >= 4 is 27.1 Å². The third-order valence-corrected chi connectivity index (χ3v) is 4.84. The molecular weight excluding hydrogens is 346 g/mol. The van der Waals surface area contributed by atoms with Crippen molar-refractivity contribution in [3.05, 3.63) is 54.1 Å². The summed E-state index contributed by atoms with van der Waals surface area (Å²) >= 11 is 1.47. The molecule has 0 aliphatic carbocycles. The molecule has 132 valence electrons. The van der Waals surface area contributed by atoms with Crippen LogP contribution >= 0.6 is 11.3 Å². The van der Waals surface area contributed by atoms with Crippen molar-refractivity contribution in [2.24, 2.45) is 0 Å². The Balaban J connectivity index is 1.59. The van der Waals surface area contributed by atoms with E-state index < -0.39 is 0 Å². The molecule has 2 heterocycles. The van der Waals surface area contributed by atoms with Gasteiger partial charge in [0.25, 0.3) is 0 Å². The monoisotopic (exact) mass is 365 g/mol. The maximum Gasteiger partial charge on any atom is 0.236 e. The number of nitrogens with zero attached hydrogens (tertiary/aromatic N) is 4. The number of hydrogen-bond acceptors (Lipinski definition) is 6. The molecule has 0 amide bonds. The minimum Gasteiger partial charge on any atom is -0.494 e. The van der Waals surface area contributed by atoms with Crippen molar-refractivity contribution in [3.63, 3.8) is 0 Å². The number of aryl methyl sites for hydroxylation is 1. The largest absolute Gasteiger partial charge is 0.494 e. The van der Waals surface area contributed by atoms with Crippen LogP contribution in [0.25, 0.3) is 16.3 Å². The normalized spacial score (nSPS) is 11.0. The van der Waals surface area contributed by atoms with Crippen LogP contribution in [0.2, 0.25) is 0 Å². The summed E-state index contributed by atoms with van der Waals surface area (Å²) in [5.74, 6) is 1.56. The molecule has 0 radical (unpaired) electrons. The molecule has 4 rings (SSSR count). The van der Waals surface area contributed by atoms with E-state index in [1.807, 2.05) is 31.2 Å². The lowest BCUT2D eigenvalue weighted by atomic mass is 10.1. The first kappa shape index (κ1) is 16.5. The number of anilines is 2. The average molecular weight is 365 g/mol. The highest BCUT2D eigenvalue weighted by atomic mass is 32.1. The van der Waals surface area contributed by atoms with E-state index >= 15 is 0 Å². The van der Waals surface area contributed by atoms with Gasteiger partial charge in [0, 0.05) is 11.3 Å². The number of hydrogen-bond donors (Lipinski definition) is 1. The second-order valence-corrected chi connectivity index (χ2v) is 6.71. The average Bonchev–Trinajstić information content (AvgIpc) is 3.23. The van der Waals surface area contributed by atoms with Gasteiger partial charge >= 0.3 is 0 Å². The third kappa shape index (κ3) is 3.25. The minimum absolute atomic E-state index is 0.648. The Bertz CT molecular complexity index is 1000. The smallest absolute Gasteiger partial charge is 0.236 e. The molecule has 0 spiro atoms. The Morgan fingerprint density at radius 2 is 1.77 bits per heavy atom. The molecule has 0 bridgehead atoms. The van der Waals surface area contributed by atoms with E-state index in [0.29, 0.717) is 12.4 Å². The van der Waals surface area contributed by atoms with Crippen LogP contribution in [0.4, 0.5) is 10.8 Å². The molecule has 2 aromatic carbocycles. The summed E-state index contributed by atoms with van der Waals surface area (Å²) in [6.07, 6.45) is 1.03. The SMILES string of the molecule is CCOc1ccc(-c2nnc3sc(Nc4ccc(CC)cc4)nn23)cc1. The minimum atomic E-state index is 0.648. The van der Waals surface area contributed by atoms with Crippen molar-refractivity contribution in [1.82, 2.24) is 19.8 Å². The highest BCUT2D eigenvalue weighted by molar-refractivity contribution is 7.20. The van der Waals surface area contributed by atoms with E-state index in [4.69, 9.17) is 4.74 Å². The van der Waals surface area contributed by atoms with E-state index in [1.54, 1.807) is 4.52 Å². The van der Waals surface area contributed by atoms with E-state index in [-0.39, 0.29) is 0 Å². The molecule has 4 aromatic rings. The predicted molar refractivity (Wildman–Crippen MR) is 104 cm³/mol. The van der Waals surface area contributed by atoms with Crippen molar-refractivity contribution in [1.29, 1.82) is 0 Å². The Hall–Kier alpha value is -2.93. The van der Waals surface area contributed by atoms with Crippen LogP contribution in [-0.2, 0) is 6.42 Å². The predicted octanol–water partition coefficient (Wildman–Crippen LogP) is 4.56. The fourth-order valence-electron chi connectivity index (χ4n) is 2.66. The second kappa shape index (κ2) is 7.13. The summed E-state index contributed by atoms with van der Waals surface area (Å²) in [5, 5.41) is 17.2. The van der Waals surface area contributed by atoms with Crippen LogP contribution in [0.15, 0.2) is 48.5 Å². The highest BCUT2D eigenvalue weighted by Crippen LogP contribution is 2.27. The highest BCUT2D eigenvalue weighted by Gasteiger charge is 2.13. The maximum absolute atomic E-state index is 5.49. The lowest BCUT2D eigenvalue weighted by Crippen LogP contribution is -1.95. The molecule has 1 N–H and O–H groups in total. The standard InChI is InChI=1S/C19H19N5OS/c1-3-13-5-9-15(10-6-13)20-18-23-24-17(21-22-19(24)26-18)14-7-11-16(12-8-14)25-4-2/h5-12H,3-4H2,1-2H3,(H,20,23). The molecule has 0 saturated carbocycles. The molecule has 0 fully saturated rings. The molecule has 26 heavy (non-hydrogen) atoms. The lowest BCUT2D eigenvalue weighted by molar-refractivity contribution is 0.340. The number of fused-ring (bicyclic) bond motifs is 1. The fourth-order valence-corrected chi connectivity index (χ4v) is 3.42. The Labute approximate surface area is 155 Å². The first-order chi connectivity index (χ1) is 12.8. The van der Waals surface area contributed by atoms with Gasteiger partial charge in [-0.15, -0.1) is 15.3 Å². The summed E-state index contributed by atoms with van der Waals surface area (Å²) in [6, 6.07) is 16.2. The maximum atomic E-state index is 5.49. The second-order valence-electron chi connectivity index (χ2n) is 5.76. The van der Waals surface area contributed by atoms with E-state index in [0.717, 1.165) is 33.5 Å². The first-order valence-electron chi connectivity index (χ1n) is 8.58. The van der Waals surface area contributed by atoms with E-state index in [2.05, 4.69) is 51.8 Å². The van der Waals surface area contributed by atoms with Gasteiger partial charge in [0.15, 0.2) is 5.82 Å². The summed E-state index contributed by atoms with van der Waals surface area (Å²) < 4.78 is 7.25. The van der Waals surface area contributed by atoms with Crippen LogP contribution in [-0.4, -0.2) is 26.4 Å². The number of rotatable bonds is 6. The topological polar surface area (TPSA) is 64.3 Å². The molecule has 0 unspecified atom stereocenters. The molecular formula is C19H19N5OS. The van der Waals surface area contributed by atoms with Crippen molar-refractivity contribution in [3.8, 4) is 17.1 Å². The molecule has 0 saturated heterocycles. The summed E-state index contributed by atoms with van der Waals surface area (Å²) in [7, 11) is 0. The van der Waals surface area contributed by atoms with Crippen molar-refractivity contribution < 1.29 is 4.74 Å². The van der Waals surface area contributed by atoms with Gasteiger partial charge in [0.1, 0.15) is 5.75 Å². The van der Waals surface area contributed by atoms with Gasteiger partial charge < -0.3 is 10.1 Å². The van der Waals surface area contributed by atoms with Crippen LogP contribution < -0.4 is 10.1 Å². The Kier molecular flexibility index (Phi) is 4.53. The van der Waals surface area contributed by atoms with Crippen molar-refractivity contribution in [2.45, 2.75) is 20.3 Å². The lowest BCUT2D eigenvalue weighted by Gasteiger charge is -2.04. The fraction of sp³-hybridized carbons (Fsp3) is 0.211. The summed E-state index contributed by atoms with van der Waals surface area (Å²) in [6.45, 7) is 4.76. The molecule has 6 nitrogen and oxygen atoms in total. The quantitative estimate of drug-likeness (QED) is 0.543. The molecule has 2 aromatic heterocycles. The molecule has 0 atom stereocenters. The van der Waals surface area contributed by atoms with Crippen LogP contribution in [0.1, 0.15) is 19.4 Å². The van der Waals surface area contributed by atoms with E-state index in [9.17, 15) is 0 Å². The van der Waals surface area contributed by atoms with Gasteiger partial charge in [0.05, 0.1) is 6.61 Å². The number of benzene rings is 2. The Morgan fingerprint density at radius 1 is 1.00 bits per heavy atom. The van der Waals surface area contributed by atoms with Gasteiger partial charge in [0.2, 0.25) is 10.1 Å². The van der Waals surface area contributed by atoms with Gasteiger partial charge in [-0.3, -0.25) is 0 Å². The zero-order chi connectivity index (χ0) is 17.9. The van der Waals surface area contributed by atoms with Crippen LogP contribution in [0.5, 0.6) is 5.75 Å². The van der Waals surface area contributed by atoms with Crippen LogP contribution in [0.3, 0.4) is 0 Å². The number of ether oxygens (including phenoxy) is 1. The van der Waals surface area contributed by atoms with Gasteiger partial charge in [-0.05, 0) is 55.3 Å². The Morgan fingerprint density at radius 3 is 2.46 bits per heavy atom. The zero-order valence-corrected chi connectivity index (χ0v) is 15.5. The van der Waals surface area contributed by atoms with Gasteiger partial charge in [-0.25, -0.2) is 0 Å². The van der Waals surface area contributed by atoms with Gasteiger partial charge in [-0.1, -0.05) is 30.4 Å². The summed E-state index contributed by atoms with van der Waals surface area (Å²) in [4.78, 5) is 0.751. The summed E-state index contributed by atoms with van der Waals surface area (Å²) in [5.41, 5.74) is 3.27. The van der Waals surface area contributed by atoms with E-state index in [1.165, 1.54) is 16.9 Å². The third-order valence-electron chi connectivity index (χ3n) is 4.03. The van der Waals surface area contributed by atoms with Crippen molar-refractivity contribution in [2.75, 3.05) is 11.9 Å². The zero-order valence-electron chi connectivity index (χ0n) is 14.6. The van der Waals surface area contributed by atoms with Crippen LogP contribution in [0, 0.1) is 0 Å². The molecule has 0 aliphatic rings. The first-order valence-corrected chi connectivity index (χ1v) is 9.40. The van der Waals surface area contributed by atoms with Gasteiger partial charge in [-0.2, -0.15) is 4.52 Å². The number of aromatic nitrogens is 4. The number of nitrogens with one attached hydrogen (secondary N) is 1. The molecule has 7 heteroatoms.